The predicted octanol–water partition coefficient (Wildman–Crippen LogP) is 5.71. The molecule has 2 heterocycles. The topological polar surface area (TPSA) is 74.8 Å². The van der Waals surface area contributed by atoms with E-state index >= 15 is 0 Å². The first-order chi connectivity index (χ1) is 16.2. The number of ketones is 1. The molecule has 1 aliphatic heterocycles. The highest BCUT2D eigenvalue weighted by Gasteiger charge is 2.42. The lowest BCUT2D eigenvalue weighted by molar-refractivity contribution is -0.118. The highest BCUT2D eigenvalue weighted by molar-refractivity contribution is 7.98. The van der Waals surface area contributed by atoms with Gasteiger partial charge in [0.2, 0.25) is 0 Å². The van der Waals surface area contributed by atoms with Gasteiger partial charge in [-0.3, -0.25) is 9.59 Å². The van der Waals surface area contributed by atoms with Crippen LogP contribution in [0, 0.1) is 18.2 Å². The van der Waals surface area contributed by atoms with Crippen molar-refractivity contribution in [3.63, 3.8) is 0 Å². The molecule has 2 N–H and O–H groups in total. The van der Waals surface area contributed by atoms with E-state index in [4.69, 9.17) is 4.98 Å². The van der Waals surface area contributed by atoms with Crippen LogP contribution in [-0.2, 0) is 10.5 Å². The number of H-pyrrole nitrogens is 1. The number of hydrogen-bond donors (Lipinski definition) is 2. The van der Waals surface area contributed by atoms with E-state index in [0.717, 1.165) is 22.4 Å². The van der Waals surface area contributed by atoms with Crippen LogP contribution in [0.5, 0.6) is 0 Å². The molecule has 5 rings (SSSR count). The Hall–Kier alpha value is -3.19. The second-order valence-electron chi connectivity index (χ2n) is 9.85. The van der Waals surface area contributed by atoms with Crippen LogP contribution in [0.2, 0.25) is 0 Å². The number of rotatable bonds is 4. The number of hydrogen-bond acceptors (Lipinski definition) is 5. The molecule has 1 aliphatic carbocycles. The minimum atomic E-state index is -0.456. The maximum absolute atomic E-state index is 13.4. The minimum Gasteiger partial charge on any atom is -0.343 e. The molecule has 0 fully saturated rings. The number of aromatic amines is 1. The van der Waals surface area contributed by atoms with Gasteiger partial charge < -0.3 is 10.3 Å². The third kappa shape index (κ3) is 4.32. The number of fused-ring (bicyclic) bond motifs is 1. The molecule has 0 saturated heterocycles. The summed E-state index contributed by atoms with van der Waals surface area (Å²) in [6.45, 7) is 6.18. The smallest absolute Gasteiger partial charge is 0.257 e. The van der Waals surface area contributed by atoms with Crippen molar-refractivity contribution in [2.24, 2.45) is 5.41 Å². The Balaban J connectivity index is 1.58. The Morgan fingerprint density at radius 1 is 1.12 bits per heavy atom. The van der Waals surface area contributed by atoms with Crippen molar-refractivity contribution in [3.8, 4) is 0 Å². The summed E-state index contributed by atoms with van der Waals surface area (Å²) in [5.74, 6) is 0.380. The second kappa shape index (κ2) is 8.55. The molecule has 0 saturated carbocycles. The average Bonchev–Trinajstić information content (AvgIpc) is 2.76. The van der Waals surface area contributed by atoms with Gasteiger partial charge in [-0.25, -0.2) is 9.37 Å². The van der Waals surface area contributed by atoms with E-state index in [2.05, 4.69) is 24.1 Å². The van der Waals surface area contributed by atoms with Gasteiger partial charge in [-0.15, -0.1) is 0 Å². The molecule has 0 spiro atoms. The number of nitrogens with zero attached hydrogens (tertiary/aromatic N) is 1. The normalized spacial score (nSPS) is 18.8. The van der Waals surface area contributed by atoms with Crippen LogP contribution in [0.3, 0.4) is 0 Å². The zero-order chi connectivity index (χ0) is 24.0. The van der Waals surface area contributed by atoms with Gasteiger partial charge in [0.15, 0.2) is 10.9 Å². The molecule has 1 atom stereocenters. The number of halogens is 1. The van der Waals surface area contributed by atoms with E-state index < -0.39 is 5.92 Å². The molecule has 174 valence electrons. The van der Waals surface area contributed by atoms with Crippen molar-refractivity contribution in [2.45, 2.75) is 50.4 Å². The van der Waals surface area contributed by atoms with Gasteiger partial charge in [0.25, 0.3) is 5.56 Å². The first-order valence-electron chi connectivity index (χ1n) is 11.3. The quantitative estimate of drug-likeness (QED) is 0.373. The molecule has 1 aromatic heterocycles. The van der Waals surface area contributed by atoms with Crippen LogP contribution in [0.15, 0.2) is 69.8 Å². The lowest BCUT2D eigenvalue weighted by Gasteiger charge is -2.38. The number of carbonyl (C=O) groups is 1. The molecule has 3 aromatic rings. The van der Waals surface area contributed by atoms with Gasteiger partial charge in [-0.1, -0.05) is 67.6 Å². The Morgan fingerprint density at radius 2 is 1.88 bits per heavy atom. The van der Waals surface area contributed by atoms with Crippen LogP contribution in [0.4, 0.5) is 10.2 Å². The Kier molecular flexibility index (Phi) is 5.68. The fourth-order valence-corrected chi connectivity index (χ4v) is 5.69. The van der Waals surface area contributed by atoms with Crippen LogP contribution < -0.4 is 10.9 Å². The Morgan fingerprint density at radius 3 is 2.62 bits per heavy atom. The third-order valence-electron chi connectivity index (χ3n) is 6.36. The van der Waals surface area contributed by atoms with Gasteiger partial charge in [0.05, 0.1) is 5.56 Å². The van der Waals surface area contributed by atoms with Gasteiger partial charge in [-0.05, 0) is 42.0 Å². The second-order valence-corrected chi connectivity index (χ2v) is 10.8. The van der Waals surface area contributed by atoms with Gasteiger partial charge >= 0.3 is 0 Å². The van der Waals surface area contributed by atoms with E-state index in [1.165, 1.54) is 23.9 Å². The molecular weight excluding hydrogens is 449 g/mol. The zero-order valence-electron chi connectivity index (χ0n) is 19.4. The van der Waals surface area contributed by atoms with E-state index in [1.807, 2.05) is 31.2 Å². The maximum Gasteiger partial charge on any atom is 0.257 e. The maximum atomic E-state index is 13.4. The highest BCUT2D eigenvalue weighted by atomic mass is 32.2. The molecule has 5 nitrogen and oxygen atoms in total. The van der Waals surface area contributed by atoms with Crippen molar-refractivity contribution in [2.75, 3.05) is 5.32 Å². The standard InChI is InChI=1S/C27H26FN3O2S/c1-15-5-4-6-17(11-15)21-22-19(12-27(2,3)13-20(22)32)29-24-23(21)25(33)31-26(30-24)34-14-16-7-9-18(28)10-8-16/h4-11,21H,12-14H2,1-3H3,(H2,29,30,31,33). The van der Waals surface area contributed by atoms with E-state index in [0.29, 0.717) is 40.7 Å². The molecule has 2 aliphatic rings. The summed E-state index contributed by atoms with van der Waals surface area (Å²) in [5.41, 5.74) is 4.50. The Bertz CT molecular complexity index is 1380. The third-order valence-corrected chi connectivity index (χ3v) is 7.31. The summed E-state index contributed by atoms with van der Waals surface area (Å²) >= 11 is 1.38. The van der Waals surface area contributed by atoms with Gasteiger partial charge in [0.1, 0.15) is 11.6 Å². The predicted molar refractivity (Wildman–Crippen MR) is 133 cm³/mol. The SMILES string of the molecule is Cc1cccc(C2C3=C(CC(C)(C)CC3=O)Nc3nc(SCc4ccc(F)cc4)[nH]c(=O)c32)c1. The molecule has 34 heavy (non-hydrogen) atoms. The average molecular weight is 476 g/mol. The number of Topliss-reactive ketones (excluding diaryl/α,β-unsaturated/α-hetero) is 1. The summed E-state index contributed by atoms with van der Waals surface area (Å²) in [6, 6.07) is 14.2. The first kappa shape index (κ1) is 22.6. The molecule has 0 bridgehead atoms. The molecule has 0 radical (unpaired) electrons. The van der Waals surface area contributed by atoms with Crippen LogP contribution in [0.25, 0.3) is 0 Å². The van der Waals surface area contributed by atoms with Crippen molar-refractivity contribution in [1.82, 2.24) is 9.97 Å². The number of thioether (sulfide) groups is 1. The largest absolute Gasteiger partial charge is 0.343 e. The number of allylic oxidation sites excluding steroid dienone is 2. The zero-order valence-corrected chi connectivity index (χ0v) is 20.2. The fraction of sp³-hybridized carbons (Fsp3) is 0.296. The number of carbonyl (C=O) groups excluding carboxylic acids is 1. The van der Waals surface area contributed by atoms with Crippen LogP contribution in [-0.4, -0.2) is 15.8 Å². The number of benzene rings is 2. The van der Waals surface area contributed by atoms with Crippen molar-refractivity contribution >= 4 is 23.4 Å². The van der Waals surface area contributed by atoms with Gasteiger partial charge in [-0.2, -0.15) is 0 Å². The molecule has 7 heteroatoms. The first-order valence-corrected chi connectivity index (χ1v) is 12.3. The van der Waals surface area contributed by atoms with E-state index in [9.17, 15) is 14.0 Å². The summed E-state index contributed by atoms with van der Waals surface area (Å²) in [5, 5.41) is 3.83. The molecule has 0 amide bonds. The lowest BCUT2D eigenvalue weighted by Crippen LogP contribution is -2.37. The minimum absolute atomic E-state index is 0.0741. The van der Waals surface area contributed by atoms with Crippen LogP contribution in [0.1, 0.15) is 54.9 Å². The van der Waals surface area contributed by atoms with Gasteiger partial charge in [0, 0.05) is 29.4 Å². The summed E-state index contributed by atoms with van der Waals surface area (Å²) in [7, 11) is 0. The molecule has 1 unspecified atom stereocenters. The summed E-state index contributed by atoms with van der Waals surface area (Å²) in [6.07, 6.45) is 1.16. The lowest BCUT2D eigenvalue weighted by atomic mass is 9.69. The number of aryl methyl sites for hydroxylation is 1. The van der Waals surface area contributed by atoms with Crippen LogP contribution >= 0.6 is 11.8 Å². The highest BCUT2D eigenvalue weighted by Crippen LogP contribution is 2.47. The van der Waals surface area contributed by atoms with E-state index in [1.54, 1.807) is 12.1 Å². The number of anilines is 1. The summed E-state index contributed by atoms with van der Waals surface area (Å²) < 4.78 is 13.2. The molecular formula is C27H26FN3O2S. The Labute approximate surface area is 201 Å². The fourth-order valence-electron chi connectivity index (χ4n) is 4.88. The molecule has 2 aromatic carbocycles. The van der Waals surface area contributed by atoms with Crippen molar-refractivity contribution in [3.05, 3.63) is 98.2 Å². The monoisotopic (exact) mass is 475 g/mol. The summed E-state index contributed by atoms with van der Waals surface area (Å²) in [4.78, 5) is 34.4. The van der Waals surface area contributed by atoms with Crippen molar-refractivity contribution < 1.29 is 9.18 Å². The number of aromatic nitrogens is 2. The van der Waals surface area contributed by atoms with E-state index in [-0.39, 0.29) is 22.6 Å². The van der Waals surface area contributed by atoms with Crippen molar-refractivity contribution in [1.29, 1.82) is 0 Å². The number of nitrogens with one attached hydrogen (secondary N) is 2.